The second-order valence-electron chi connectivity index (χ2n) is 8.41. The van der Waals surface area contributed by atoms with Gasteiger partial charge in [0.1, 0.15) is 0 Å². The van der Waals surface area contributed by atoms with Gasteiger partial charge in [-0.1, -0.05) is 6.07 Å². The average molecular weight is 493 g/mol. The first kappa shape index (κ1) is 25.1. The molecular weight excluding hydrogens is 472 g/mol. The van der Waals surface area contributed by atoms with E-state index >= 15 is 0 Å². The molecule has 1 saturated heterocycles. The molecule has 0 radical (unpaired) electrons. The van der Waals surface area contributed by atoms with Gasteiger partial charge in [0.2, 0.25) is 5.91 Å². The lowest BCUT2D eigenvalue weighted by atomic mass is 9.85. The van der Waals surface area contributed by atoms with Crippen LogP contribution in [0.15, 0.2) is 53.4 Å². The van der Waals surface area contributed by atoms with Gasteiger partial charge in [0.15, 0.2) is 9.84 Å². The Morgan fingerprint density at radius 2 is 1.45 bits per heavy atom. The Kier molecular flexibility index (Phi) is 6.33. The normalized spacial score (nSPS) is 18.5. The van der Waals surface area contributed by atoms with Crippen LogP contribution in [-0.4, -0.2) is 25.6 Å². The lowest BCUT2D eigenvalue weighted by Gasteiger charge is -2.39. The van der Waals surface area contributed by atoms with E-state index in [9.17, 15) is 39.6 Å². The van der Waals surface area contributed by atoms with E-state index in [2.05, 4.69) is 0 Å². The first-order valence-electron chi connectivity index (χ1n) is 9.94. The third-order valence-corrected chi connectivity index (χ3v) is 8.67. The number of rotatable bonds is 4. The fourth-order valence-corrected chi connectivity index (χ4v) is 5.68. The Balaban J connectivity index is 1.82. The third-order valence-electron chi connectivity index (χ3n) is 6.08. The summed E-state index contributed by atoms with van der Waals surface area (Å²) in [4.78, 5) is 13.5. The predicted octanol–water partition coefficient (Wildman–Crippen LogP) is 5.72. The molecule has 1 aliphatic rings. The highest BCUT2D eigenvalue weighted by atomic mass is 32.2. The number of benzene rings is 2. The molecule has 3 rings (SSSR count). The third kappa shape index (κ3) is 4.87. The Labute approximate surface area is 187 Å². The Bertz CT molecular complexity index is 1140. The van der Waals surface area contributed by atoms with Gasteiger partial charge in [-0.25, -0.2) is 8.42 Å². The molecule has 4 nitrogen and oxygen atoms in total. The maximum Gasteiger partial charge on any atom is 0.416 e. The number of hydrogen-bond donors (Lipinski definition) is 0. The molecular formula is C22H21F6NO3S. The highest BCUT2D eigenvalue weighted by molar-refractivity contribution is 7.92. The summed E-state index contributed by atoms with van der Waals surface area (Å²) in [7, 11) is -4.24. The molecule has 0 unspecified atom stereocenters. The molecule has 1 amide bonds. The minimum Gasteiger partial charge on any atom is -0.312 e. The summed E-state index contributed by atoms with van der Waals surface area (Å²) in [5, 5.41) is 0. The second-order valence-corrected chi connectivity index (χ2v) is 10.9. The number of amides is 1. The summed E-state index contributed by atoms with van der Waals surface area (Å²) in [5.74, 6) is -1.17. The van der Waals surface area contributed by atoms with Crippen LogP contribution in [0, 0.1) is 5.92 Å². The monoisotopic (exact) mass is 493 g/mol. The largest absolute Gasteiger partial charge is 0.416 e. The maximum absolute atomic E-state index is 13.2. The minimum absolute atomic E-state index is 0.0659. The Morgan fingerprint density at radius 1 is 0.879 bits per heavy atom. The van der Waals surface area contributed by atoms with E-state index in [0.717, 1.165) is 30.3 Å². The van der Waals surface area contributed by atoms with Crippen molar-refractivity contribution < 1.29 is 39.6 Å². The van der Waals surface area contributed by atoms with Gasteiger partial charge in [0.05, 0.1) is 20.8 Å². The zero-order valence-electron chi connectivity index (χ0n) is 17.7. The van der Waals surface area contributed by atoms with Crippen LogP contribution in [0.5, 0.6) is 0 Å². The molecule has 33 heavy (non-hydrogen) atoms. The molecule has 1 aliphatic heterocycles. The van der Waals surface area contributed by atoms with E-state index in [-0.39, 0.29) is 25.1 Å². The first-order valence-corrected chi connectivity index (χ1v) is 11.4. The Morgan fingerprint density at radius 3 is 1.97 bits per heavy atom. The van der Waals surface area contributed by atoms with Crippen molar-refractivity contribution in [1.82, 2.24) is 0 Å². The van der Waals surface area contributed by atoms with Crippen LogP contribution in [0.1, 0.15) is 37.8 Å². The van der Waals surface area contributed by atoms with Gasteiger partial charge in [-0.05, 0) is 68.7 Å². The number of carbonyl (C=O) groups is 1. The molecule has 0 spiro atoms. The fraction of sp³-hybridized carbons (Fsp3) is 0.409. The summed E-state index contributed by atoms with van der Waals surface area (Å²) in [6.45, 7) is 2.80. The summed E-state index contributed by atoms with van der Waals surface area (Å²) in [5.41, 5.74) is -1.69. The van der Waals surface area contributed by atoms with Gasteiger partial charge >= 0.3 is 12.4 Å². The van der Waals surface area contributed by atoms with Crippen LogP contribution < -0.4 is 4.90 Å². The number of sulfone groups is 1. The van der Waals surface area contributed by atoms with Crippen LogP contribution in [-0.2, 0) is 27.0 Å². The van der Waals surface area contributed by atoms with Crippen molar-refractivity contribution in [3.63, 3.8) is 0 Å². The first-order chi connectivity index (χ1) is 15.0. The van der Waals surface area contributed by atoms with E-state index < -0.39 is 54.8 Å². The van der Waals surface area contributed by atoms with Crippen LogP contribution in [0.3, 0.4) is 0 Å². The second kappa shape index (κ2) is 8.34. The van der Waals surface area contributed by atoms with E-state index in [4.69, 9.17) is 0 Å². The maximum atomic E-state index is 13.2. The van der Waals surface area contributed by atoms with Gasteiger partial charge in [0, 0.05) is 18.7 Å². The predicted molar refractivity (Wildman–Crippen MR) is 109 cm³/mol. The number of alkyl halides is 6. The van der Waals surface area contributed by atoms with Crippen LogP contribution in [0.2, 0.25) is 0 Å². The SMILES string of the molecule is CC(C)([C@H]1CCN(c2ccc(C(F)(F)F)cc2)C(=O)C1)S(=O)(=O)c1cccc(C(F)(F)F)c1. The summed E-state index contributed by atoms with van der Waals surface area (Å²) >= 11 is 0. The average Bonchev–Trinajstić information content (AvgIpc) is 2.72. The lowest BCUT2D eigenvalue weighted by Crippen LogP contribution is -2.48. The lowest BCUT2D eigenvalue weighted by molar-refractivity contribution is -0.138. The van der Waals surface area contributed by atoms with Crippen molar-refractivity contribution in [2.24, 2.45) is 5.92 Å². The van der Waals surface area contributed by atoms with E-state index in [1.54, 1.807) is 0 Å². The summed E-state index contributed by atoms with van der Waals surface area (Å²) < 4.78 is 102. The van der Waals surface area contributed by atoms with Gasteiger partial charge in [-0.15, -0.1) is 0 Å². The van der Waals surface area contributed by atoms with Crippen molar-refractivity contribution in [1.29, 1.82) is 0 Å². The number of anilines is 1. The van der Waals surface area contributed by atoms with Crippen LogP contribution in [0.4, 0.5) is 32.0 Å². The smallest absolute Gasteiger partial charge is 0.312 e. The van der Waals surface area contributed by atoms with Crippen LogP contribution in [0.25, 0.3) is 0 Å². The summed E-state index contributed by atoms with van der Waals surface area (Å²) in [6, 6.07) is 7.52. The fourth-order valence-electron chi connectivity index (χ4n) is 3.89. The highest BCUT2D eigenvalue weighted by Crippen LogP contribution is 2.41. The number of piperidine rings is 1. The molecule has 1 heterocycles. The molecule has 0 aliphatic carbocycles. The van der Waals surface area contributed by atoms with Crippen molar-refractivity contribution in [3.05, 3.63) is 59.7 Å². The quantitative estimate of drug-likeness (QED) is 0.512. The summed E-state index contributed by atoms with van der Waals surface area (Å²) in [6.07, 6.45) is -9.24. The van der Waals surface area contributed by atoms with Gasteiger partial charge in [-0.3, -0.25) is 4.79 Å². The van der Waals surface area contributed by atoms with E-state index in [1.165, 1.54) is 30.9 Å². The number of halogens is 6. The van der Waals surface area contributed by atoms with E-state index in [0.29, 0.717) is 6.07 Å². The molecule has 2 aromatic rings. The highest BCUT2D eigenvalue weighted by Gasteiger charge is 2.46. The van der Waals surface area contributed by atoms with Gasteiger partial charge in [0.25, 0.3) is 0 Å². The molecule has 0 aromatic heterocycles. The van der Waals surface area contributed by atoms with Gasteiger partial charge in [-0.2, -0.15) is 26.3 Å². The van der Waals surface area contributed by atoms with Crippen molar-refractivity contribution in [3.8, 4) is 0 Å². The zero-order valence-corrected chi connectivity index (χ0v) is 18.5. The Hall–Kier alpha value is -2.56. The molecule has 2 aromatic carbocycles. The van der Waals surface area contributed by atoms with E-state index in [1.807, 2.05) is 0 Å². The molecule has 0 N–H and O–H groups in total. The minimum atomic E-state index is -4.71. The molecule has 1 fully saturated rings. The van der Waals surface area contributed by atoms with Crippen molar-refractivity contribution >= 4 is 21.4 Å². The molecule has 11 heteroatoms. The topological polar surface area (TPSA) is 54.5 Å². The van der Waals surface area contributed by atoms with Crippen molar-refractivity contribution in [2.75, 3.05) is 11.4 Å². The van der Waals surface area contributed by atoms with Gasteiger partial charge < -0.3 is 4.90 Å². The standard InChI is InChI=1S/C22H21F6NO3S/c1-20(2,33(31,32)18-5-3-4-16(12-18)22(26,27)28)15-10-11-29(19(30)13-15)17-8-6-14(7-9-17)21(23,24)25/h3-9,12,15H,10-11,13H2,1-2H3/t15-/m0/s1. The zero-order chi connectivity index (χ0) is 24.8. The molecule has 0 saturated carbocycles. The number of carbonyl (C=O) groups excluding carboxylic acids is 1. The van der Waals surface area contributed by atoms with Crippen LogP contribution >= 0.6 is 0 Å². The molecule has 1 atom stereocenters. The van der Waals surface area contributed by atoms with Crippen molar-refractivity contribution in [2.45, 2.75) is 48.7 Å². The molecule has 0 bridgehead atoms. The number of nitrogens with zero attached hydrogens (tertiary/aromatic N) is 1. The number of hydrogen-bond acceptors (Lipinski definition) is 3. The molecule has 180 valence electrons.